The van der Waals surface area contributed by atoms with E-state index in [0.29, 0.717) is 11.5 Å². The van der Waals surface area contributed by atoms with Gasteiger partial charge in [-0.2, -0.15) is 0 Å². The van der Waals surface area contributed by atoms with Gasteiger partial charge in [-0.1, -0.05) is 27.2 Å². The second kappa shape index (κ2) is 6.02. The quantitative estimate of drug-likeness (QED) is 0.718. The van der Waals surface area contributed by atoms with Crippen LogP contribution in [0.15, 0.2) is 0 Å². The van der Waals surface area contributed by atoms with Gasteiger partial charge in [0.1, 0.15) is 0 Å². The van der Waals surface area contributed by atoms with E-state index in [1.165, 1.54) is 32.2 Å². The summed E-state index contributed by atoms with van der Waals surface area (Å²) < 4.78 is 0. The van der Waals surface area contributed by atoms with Gasteiger partial charge in [-0.3, -0.25) is 0 Å². The molecule has 1 atom stereocenters. The van der Waals surface area contributed by atoms with Crippen molar-refractivity contribution in [1.82, 2.24) is 10.2 Å². The lowest BCUT2D eigenvalue weighted by molar-refractivity contribution is 0.0913. The molecule has 1 saturated carbocycles. The zero-order valence-electron chi connectivity index (χ0n) is 11.8. The third-order valence-electron chi connectivity index (χ3n) is 4.23. The molecule has 0 saturated heterocycles. The van der Waals surface area contributed by atoms with E-state index in [1.54, 1.807) is 0 Å². The smallest absolute Gasteiger partial charge is 0.0102 e. The first-order chi connectivity index (χ1) is 7.47. The molecule has 0 heterocycles. The van der Waals surface area contributed by atoms with Crippen LogP contribution < -0.4 is 5.32 Å². The Hall–Kier alpha value is -0.0800. The first-order valence-corrected chi connectivity index (χ1v) is 6.91. The summed E-state index contributed by atoms with van der Waals surface area (Å²) in [5.41, 5.74) is 0.361. The molecule has 16 heavy (non-hydrogen) atoms. The highest BCUT2D eigenvalue weighted by Crippen LogP contribution is 2.28. The molecule has 2 nitrogen and oxygen atoms in total. The lowest BCUT2D eigenvalue weighted by Crippen LogP contribution is -2.49. The van der Waals surface area contributed by atoms with Crippen LogP contribution in [0.5, 0.6) is 0 Å². The average Bonchev–Trinajstić information content (AvgIpc) is 2.09. The Bertz CT molecular complexity index is 197. The molecule has 0 spiro atoms. The topological polar surface area (TPSA) is 15.3 Å². The third kappa shape index (κ3) is 3.74. The van der Waals surface area contributed by atoms with Crippen LogP contribution in [0, 0.1) is 5.41 Å². The minimum atomic E-state index is 0.361. The molecule has 1 N–H and O–H groups in total. The Morgan fingerprint density at radius 1 is 1.38 bits per heavy atom. The Labute approximate surface area is 102 Å². The minimum absolute atomic E-state index is 0.361. The number of nitrogens with one attached hydrogen (secondary N) is 1. The van der Waals surface area contributed by atoms with Crippen molar-refractivity contribution in [2.24, 2.45) is 5.41 Å². The van der Waals surface area contributed by atoms with Crippen LogP contribution in [-0.4, -0.2) is 37.1 Å². The van der Waals surface area contributed by atoms with Gasteiger partial charge in [0, 0.05) is 18.6 Å². The van der Waals surface area contributed by atoms with E-state index < -0.39 is 0 Å². The first kappa shape index (κ1) is 14.0. The lowest BCUT2D eigenvalue weighted by atomic mass is 9.82. The molecule has 96 valence electrons. The summed E-state index contributed by atoms with van der Waals surface area (Å²) in [6.45, 7) is 11.7. The zero-order chi connectivity index (χ0) is 12.2. The molecular weight excluding hydrogens is 196 g/mol. The summed E-state index contributed by atoms with van der Waals surface area (Å²) >= 11 is 0. The van der Waals surface area contributed by atoms with Crippen LogP contribution >= 0.6 is 0 Å². The van der Waals surface area contributed by atoms with E-state index in [0.717, 1.165) is 12.6 Å². The summed E-state index contributed by atoms with van der Waals surface area (Å²) in [4.78, 5) is 2.56. The van der Waals surface area contributed by atoms with Crippen LogP contribution in [0.2, 0.25) is 0 Å². The van der Waals surface area contributed by atoms with Crippen LogP contribution in [0.1, 0.15) is 53.4 Å². The molecule has 1 fully saturated rings. The Balaban J connectivity index is 2.35. The van der Waals surface area contributed by atoms with Gasteiger partial charge in [-0.25, -0.2) is 0 Å². The SMILES string of the molecule is CCCNC(C)C(C)(C)CN(C)C1CCC1. The highest BCUT2D eigenvalue weighted by Gasteiger charge is 2.31. The van der Waals surface area contributed by atoms with Crippen LogP contribution in [0.3, 0.4) is 0 Å². The fourth-order valence-electron chi connectivity index (χ4n) is 2.37. The molecule has 1 aliphatic carbocycles. The van der Waals surface area contributed by atoms with Crippen molar-refractivity contribution in [1.29, 1.82) is 0 Å². The van der Waals surface area contributed by atoms with E-state index in [2.05, 4.69) is 45.0 Å². The van der Waals surface area contributed by atoms with E-state index in [4.69, 9.17) is 0 Å². The van der Waals surface area contributed by atoms with Crippen LogP contribution in [-0.2, 0) is 0 Å². The van der Waals surface area contributed by atoms with Crippen molar-refractivity contribution in [3.63, 3.8) is 0 Å². The number of rotatable bonds is 7. The molecule has 1 unspecified atom stereocenters. The molecule has 0 bridgehead atoms. The first-order valence-electron chi connectivity index (χ1n) is 6.91. The zero-order valence-corrected chi connectivity index (χ0v) is 11.8. The van der Waals surface area contributed by atoms with Gasteiger partial charge in [0.05, 0.1) is 0 Å². The van der Waals surface area contributed by atoms with Gasteiger partial charge in [-0.15, -0.1) is 0 Å². The molecule has 1 aliphatic rings. The van der Waals surface area contributed by atoms with E-state index in [-0.39, 0.29) is 0 Å². The lowest BCUT2D eigenvalue weighted by Gasteiger charge is -2.42. The number of hydrogen-bond acceptors (Lipinski definition) is 2. The maximum atomic E-state index is 3.63. The summed E-state index contributed by atoms with van der Waals surface area (Å²) in [7, 11) is 2.29. The van der Waals surface area contributed by atoms with E-state index in [9.17, 15) is 0 Å². The standard InChI is InChI=1S/C14H30N2/c1-6-10-15-12(2)14(3,4)11-16(5)13-8-7-9-13/h12-13,15H,6-11H2,1-5H3. The fraction of sp³-hybridized carbons (Fsp3) is 1.00. The largest absolute Gasteiger partial charge is 0.314 e. The summed E-state index contributed by atoms with van der Waals surface area (Å²) in [5.74, 6) is 0. The molecule has 2 heteroatoms. The molecule has 1 rings (SSSR count). The molecule has 0 aromatic carbocycles. The van der Waals surface area contributed by atoms with Gasteiger partial charge in [0.15, 0.2) is 0 Å². The fourth-order valence-corrected chi connectivity index (χ4v) is 2.37. The van der Waals surface area contributed by atoms with Crippen molar-refractivity contribution < 1.29 is 0 Å². The summed E-state index contributed by atoms with van der Waals surface area (Å²) in [6, 6.07) is 1.45. The second-order valence-electron chi connectivity index (χ2n) is 6.16. The molecule has 0 aromatic heterocycles. The molecular formula is C14H30N2. The van der Waals surface area contributed by atoms with Gasteiger partial charge in [0.2, 0.25) is 0 Å². The van der Waals surface area contributed by atoms with E-state index >= 15 is 0 Å². The highest BCUT2D eigenvalue weighted by molar-refractivity contribution is 4.87. The normalized spacial score (nSPS) is 19.9. The van der Waals surface area contributed by atoms with E-state index in [1.807, 2.05) is 0 Å². The van der Waals surface area contributed by atoms with Crippen molar-refractivity contribution in [3.8, 4) is 0 Å². The van der Waals surface area contributed by atoms with Gasteiger partial charge < -0.3 is 10.2 Å². The van der Waals surface area contributed by atoms with Crippen molar-refractivity contribution in [3.05, 3.63) is 0 Å². The summed E-state index contributed by atoms with van der Waals surface area (Å²) in [6.07, 6.45) is 5.46. The average molecular weight is 226 g/mol. The van der Waals surface area contributed by atoms with Gasteiger partial charge in [0.25, 0.3) is 0 Å². The van der Waals surface area contributed by atoms with Crippen molar-refractivity contribution >= 4 is 0 Å². The molecule has 0 aliphatic heterocycles. The van der Waals surface area contributed by atoms with Crippen molar-refractivity contribution in [2.75, 3.05) is 20.1 Å². The maximum absolute atomic E-state index is 3.63. The Morgan fingerprint density at radius 3 is 2.44 bits per heavy atom. The third-order valence-corrected chi connectivity index (χ3v) is 4.23. The minimum Gasteiger partial charge on any atom is -0.314 e. The summed E-state index contributed by atoms with van der Waals surface area (Å²) in [5, 5.41) is 3.63. The number of nitrogens with zero attached hydrogens (tertiary/aromatic N) is 1. The molecule has 0 radical (unpaired) electrons. The maximum Gasteiger partial charge on any atom is 0.0102 e. The van der Waals surface area contributed by atoms with Gasteiger partial charge in [-0.05, 0) is 45.2 Å². The Morgan fingerprint density at radius 2 is 2.00 bits per heavy atom. The van der Waals surface area contributed by atoms with Crippen LogP contribution in [0.4, 0.5) is 0 Å². The predicted octanol–water partition coefficient (Wildman–Crippen LogP) is 2.89. The monoisotopic (exact) mass is 226 g/mol. The van der Waals surface area contributed by atoms with Gasteiger partial charge >= 0.3 is 0 Å². The van der Waals surface area contributed by atoms with Crippen molar-refractivity contribution in [2.45, 2.75) is 65.5 Å². The molecule has 0 amide bonds. The van der Waals surface area contributed by atoms with Crippen LogP contribution in [0.25, 0.3) is 0 Å². The molecule has 0 aromatic rings. The highest BCUT2D eigenvalue weighted by atomic mass is 15.1. The second-order valence-corrected chi connectivity index (χ2v) is 6.16. The number of hydrogen-bond donors (Lipinski definition) is 1. The predicted molar refractivity (Wildman–Crippen MR) is 71.8 cm³/mol. The Kier molecular flexibility index (Phi) is 5.26.